The van der Waals surface area contributed by atoms with Crippen molar-refractivity contribution in [1.29, 1.82) is 0 Å². The van der Waals surface area contributed by atoms with E-state index in [0.717, 1.165) is 11.8 Å². The summed E-state index contributed by atoms with van der Waals surface area (Å²) in [7, 11) is 2.05. The van der Waals surface area contributed by atoms with Crippen LogP contribution in [0.1, 0.15) is 19.8 Å². The van der Waals surface area contributed by atoms with Crippen LogP contribution in [0.4, 0.5) is 0 Å². The van der Waals surface area contributed by atoms with Gasteiger partial charge >= 0.3 is 0 Å². The van der Waals surface area contributed by atoms with Crippen LogP contribution >= 0.6 is 0 Å². The minimum Gasteiger partial charge on any atom is -0.316 e. The molecule has 2 rings (SSSR count). The van der Waals surface area contributed by atoms with Gasteiger partial charge in [-0.1, -0.05) is 0 Å². The first-order chi connectivity index (χ1) is 5.79. The Morgan fingerprint density at radius 1 is 1.33 bits per heavy atom. The molecule has 3 atom stereocenters. The van der Waals surface area contributed by atoms with Gasteiger partial charge in [-0.15, -0.1) is 0 Å². The molecule has 2 heteroatoms. The number of nitrogens with zero attached hydrogens (tertiary/aromatic N) is 1. The lowest BCUT2D eigenvalue weighted by Crippen LogP contribution is -2.36. The Labute approximate surface area is 75.3 Å². The van der Waals surface area contributed by atoms with Gasteiger partial charge in [0.1, 0.15) is 0 Å². The van der Waals surface area contributed by atoms with Crippen molar-refractivity contribution in [2.24, 2.45) is 11.8 Å². The lowest BCUT2D eigenvalue weighted by atomic mass is 9.77. The maximum atomic E-state index is 3.30. The van der Waals surface area contributed by atoms with Gasteiger partial charge in [0.25, 0.3) is 0 Å². The number of likely N-dealkylation sites (N-methyl/N-ethyl adjacent to an activating group) is 1. The molecule has 2 fully saturated rings. The van der Waals surface area contributed by atoms with Gasteiger partial charge in [0.2, 0.25) is 0 Å². The fraction of sp³-hybridized carbons (Fsp3) is 1.00. The Kier molecular flexibility index (Phi) is 2.37. The molecular formula is C10H20N2. The van der Waals surface area contributed by atoms with E-state index in [9.17, 15) is 0 Å². The van der Waals surface area contributed by atoms with Crippen LogP contribution in [0.5, 0.6) is 0 Å². The van der Waals surface area contributed by atoms with Crippen molar-refractivity contribution in [2.45, 2.75) is 25.8 Å². The first-order valence-corrected chi connectivity index (χ1v) is 5.19. The third kappa shape index (κ3) is 1.50. The van der Waals surface area contributed by atoms with Crippen molar-refractivity contribution in [3.05, 3.63) is 0 Å². The first-order valence-electron chi connectivity index (χ1n) is 5.19. The molecule has 12 heavy (non-hydrogen) atoms. The summed E-state index contributed by atoms with van der Waals surface area (Å²) in [4.78, 5) is 2.63. The average Bonchev–Trinajstić information content (AvgIpc) is 2.30. The summed E-state index contributed by atoms with van der Waals surface area (Å²) >= 11 is 0. The van der Waals surface area contributed by atoms with E-state index in [1.165, 1.54) is 32.5 Å². The van der Waals surface area contributed by atoms with Crippen LogP contribution < -0.4 is 5.32 Å². The molecule has 0 amide bonds. The summed E-state index contributed by atoms with van der Waals surface area (Å²) in [5.41, 5.74) is 0. The Balaban J connectivity index is 1.75. The van der Waals surface area contributed by atoms with E-state index in [-0.39, 0.29) is 0 Å². The van der Waals surface area contributed by atoms with Crippen LogP contribution in [-0.4, -0.2) is 37.6 Å². The summed E-state index contributed by atoms with van der Waals surface area (Å²) in [5, 5.41) is 3.30. The third-order valence-corrected chi connectivity index (χ3v) is 3.59. The Hall–Kier alpha value is -0.0800. The van der Waals surface area contributed by atoms with Crippen molar-refractivity contribution >= 4 is 0 Å². The topological polar surface area (TPSA) is 15.3 Å². The maximum Gasteiger partial charge on any atom is 0.0163 e. The molecule has 0 bridgehead atoms. The van der Waals surface area contributed by atoms with Gasteiger partial charge in [0, 0.05) is 25.7 Å². The summed E-state index contributed by atoms with van der Waals surface area (Å²) in [5.74, 6) is 2.13. The highest BCUT2D eigenvalue weighted by Gasteiger charge is 2.38. The molecule has 1 saturated heterocycles. The molecular weight excluding hydrogens is 148 g/mol. The predicted molar refractivity (Wildman–Crippen MR) is 51.2 cm³/mol. The zero-order valence-corrected chi connectivity index (χ0v) is 8.21. The van der Waals surface area contributed by atoms with E-state index in [0.29, 0.717) is 6.04 Å². The summed E-state index contributed by atoms with van der Waals surface area (Å²) in [6, 6.07) is 0.655. The summed E-state index contributed by atoms with van der Waals surface area (Å²) < 4.78 is 0. The van der Waals surface area contributed by atoms with E-state index in [1.807, 2.05) is 0 Å². The van der Waals surface area contributed by atoms with E-state index < -0.39 is 0 Å². The minimum absolute atomic E-state index is 0.655. The van der Waals surface area contributed by atoms with Crippen LogP contribution in [0, 0.1) is 11.8 Å². The molecule has 0 aromatic carbocycles. The molecule has 1 N–H and O–H groups in total. The first kappa shape index (κ1) is 8.52. The van der Waals surface area contributed by atoms with Crippen molar-refractivity contribution in [3.63, 3.8) is 0 Å². The van der Waals surface area contributed by atoms with E-state index in [2.05, 4.69) is 24.2 Å². The van der Waals surface area contributed by atoms with Crippen LogP contribution in [0.25, 0.3) is 0 Å². The smallest absolute Gasteiger partial charge is 0.0163 e. The molecule has 1 aliphatic heterocycles. The lowest BCUT2D eigenvalue weighted by Gasteiger charge is -2.28. The second-order valence-electron chi connectivity index (χ2n) is 4.51. The predicted octanol–water partition coefficient (Wildman–Crippen LogP) is 0.936. The molecule has 2 aliphatic rings. The number of likely N-dealkylation sites (tertiary alicyclic amines) is 1. The van der Waals surface area contributed by atoms with Gasteiger partial charge in [0.05, 0.1) is 0 Å². The van der Waals surface area contributed by atoms with Crippen LogP contribution in [-0.2, 0) is 0 Å². The van der Waals surface area contributed by atoms with Crippen LogP contribution in [0.15, 0.2) is 0 Å². The fourth-order valence-corrected chi connectivity index (χ4v) is 2.48. The van der Waals surface area contributed by atoms with Crippen molar-refractivity contribution in [1.82, 2.24) is 10.2 Å². The van der Waals surface area contributed by atoms with Gasteiger partial charge in [-0.3, -0.25) is 0 Å². The fourth-order valence-electron chi connectivity index (χ4n) is 2.48. The number of hydrogen-bond acceptors (Lipinski definition) is 2. The van der Waals surface area contributed by atoms with Gasteiger partial charge in [-0.2, -0.15) is 0 Å². The molecule has 1 aliphatic carbocycles. The summed E-state index contributed by atoms with van der Waals surface area (Å²) in [6.07, 6.45) is 2.99. The second kappa shape index (κ2) is 3.35. The molecule has 0 radical (unpaired) electrons. The maximum absolute atomic E-state index is 3.30. The van der Waals surface area contributed by atoms with Crippen molar-refractivity contribution in [3.8, 4) is 0 Å². The molecule has 1 heterocycles. The highest BCUT2D eigenvalue weighted by atomic mass is 15.2. The second-order valence-corrected chi connectivity index (χ2v) is 4.51. The molecule has 2 nitrogen and oxygen atoms in total. The molecule has 0 spiro atoms. The zero-order chi connectivity index (χ0) is 8.55. The number of fused-ring (bicyclic) bond motifs is 1. The standard InChI is InChI=1S/C10H20N2/c1-8(11-2)5-12-6-9-3-4-10(9)7-12/h8-11H,3-7H2,1-2H3/t8-,9?,10?/m0/s1. The van der Waals surface area contributed by atoms with E-state index >= 15 is 0 Å². The monoisotopic (exact) mass is 168 g/mol. The summed E-state index contributed by atoms with van der Waals surface area (Å²) in [6.45, 7) is 6.25. The zero-order valence-electron chi connectivity index (χ0n) is 8.21. The van der Waals surface area contributed by atoms with Gasteiger partial charge in [0.15, 0.2) is 0 Å². The molecule has 0 aromatic rings. The highest BCUT2D eigenvalue weighted by molar-refractivity contribution is 4.92. The number of hydrogen-bond donors (Lipinski definition) is 1. The highest BCUT2D eigenvalue weighted by Crippen LogP contribution is 2.40. The molecule has 70 valence electrons. The van der Waals surface area contributed by atoms with Gasteiger partial charge in [-0.05, 0) is 38.6 Å². The average molecular weight is 168 g/mol. The van der Waals surface area contributed by atoms with E-state index in [1.54, 1.807) is 0 Å². The Morgan fingerprint density at radius 3 is 2.33 bits per heavy atom. The largest absolute Gasteiger partial charge is 0.316 e. The minimum atomic E-state index is 0.655. The van der Waals surface area contributed by atoms with Crippen molar-refractivity contribution in [2.75, 3.05) is 26.7 Å². The third-order valence-electron chi connectivity index (χ3n) is 3.59. The Bertz CT molecular complexity index is 146. The molecule has 1 saturated carbocycles. The number of nitrogens with one attached hydrogen (secondary N) is 1. The van der Waals surface area contributed by atoms with Crippen LogP contribution in [0.2, 0.25) is 0 Å². The van der Waals surface area contributed by atoms with E-state index in [4.69, 9.17) is 0 Å². The van der Waals surface area contributed by atoms with Crippen molar-refractivity contribution < 1.29 is 0 Å². The van der Waals surface area contributed by atoms with Gasteiger partial charge < -0.3 is 10.2 Å². The lowest BCUT2D eigenvalue weighted by molar-refractivity contribution is 0.243. The van der Waals surface area contributed by atoms with Crippen LogP contribution in [0.3, 0.4) is 0 Å². The SMILES string of the molecule is CN[C@@H](C)CN1CC2CCC2C1. The normalized spacial score (nSPS) is 37.5. The Morgan fingerprint density at radius 2 is 1.92 bits per heavy atom. The quantitative estimate of drug-likeness (QED) is 0.674. The van der Waals surface area contributed by atoms with Gasteiger partial charge in [-0.25, -0.2) is 0 Å². The number of rotatable bonds is 3. The molecule has 0 aromatic heterocycles. The molecule has 2 unspecified atom stereocenters.